The summed E-state index contributed by atoms with van der Waals surface area (Å²) in [6.45, 7) is 0.778. The smallest absolute Gasteiger partial charge is 0.306 e. The van der Waals surface area contributed by atoms with Gasteiger partial charge in [0.15, 0.2) is 6.61 Å². The third kappa shape index (κ3) is 17.0. The van der Waals surface area contributed by atoms with Crippen LogP contribution in [0, 0.1) is 0 Å². The third-order valence-electron chi connectivity index (χ3n) is 5.25. The van der Waals surface area contributed by atoms with Gasteiger partial charge in [-0.25, -0.2) is 0 Å². The highest BCUT2D eigenvalue weighted by Gasteiger charge is 2.30. The number of allylic oxidation sites excluding steroid dienone is 2. The molecule has 0 aliphatic carbocycles. The fraction of sp³-hybridized carbons (Fsp3) is 0.833. The summed E-state index contributed by atoms with van der Waals surface area (Å²) in [6.07, 6.45) is 14.5. The van der Waals surface area contributed by atoms with Crippen molar-refractivity contribution in [2.75, 3.05) is 13.2 Å². The second-order valence-electron chi connectivity index (χ2n) is 8.15. The number of esters is 1. The molecule has 0 saturated heterocycles. The zero-order chi connectivity index (χ0) is 23.3. The van der Waals surface area contributed by atoms with E-state index in [2.05, 4.69) is 19.1 Å². The molecule has 3 atom stereocenters. The van der Waals surface area contributed by atoms with E-state index < -0.39 is 43.3 Å². The van der Waals surface area contributed by atoms with Crippen LogP contribution in [0.4, 0.5) is 0 Å². The monoisotopic (exact) mass is 444 g/mol. The second kappa shape index (κ2) is 20.6. The number of hydrogen-bond donors (Lipinski definition) is 4. The number of aliphatic hydroxyl groups is 4. The fourth-order valence-corrected chi connectivity index (χ4v) is 3.16. The molecule has 0 saturated carbocycles. The van der Waals surface area contributed by atoms with Crippen molar-refractivity contribution in [2.24, 2.45) is 0 Å². The van der Waals surface area contributed by atoms with Crippen LogP contribution in [0.2, 0.25) is 0 Å². The van der Waals surface area contributed by atoms with E-state index in [1.807, 2.05) is 0 Å². The molecule has 7 nitrogen and oxygen atoms in total. The number of ketones is 1. The normalized spacial score (nSPS) is 14.5. The first-order valence-corrected chi connectivity index (χ1v) is 11.9. The molecule has 0 fully saturated rings. The number of hydrogen-bond acceptors (Lipinski definition) is 7. The Labute approximate surface area is 187 Å². The van der Waals surface area contributed by atoms with Crippen LogP contribution in [0.3, 0.4) is 0 Å². The zero-order valence-corrected chi connectivity index (χ0v) is 19.2. The van der Waals surface area contributed by atoms with Gasteiger partial charge in [0.25, 0.3) is 0 Å². The quantitative estimate of drug-likeness (QED) is 0.122. The number of Topliss-reactive ketones (excluding diaryl/α,β-unsaturated/α-hetero) is 1. The van der Waals surface area contributed by atoms with Crippen molar-refractivity contribution in [3.05, 3.63) is 12.2 Å². The Balaban J connectivity index is 3.56. The molecule has 0 spiro atoms. The van der Waals surface area contributed by atoms with Gasteiger partial charge < -0.3 is 25.2 Å². The molecule has 0 radical (unpaired) electrons. The summed E-state index contributed by atoms with van der Waals surface area (Å²) in [5.74, 6) is -1.45. The molecule has 0 aromatic rings. The van der Waals surface area contributed by atoms with Gasteiger partial charge in [-0.15, -0.1) is 0 Å². The molecule has 0 aromatic carbocycles. The lowest BCUT2D eigenvalue weighted by molar-refractivity contribution is -0.155. The van der Waals surface area contributed by atoms with Crippen LogP contribution in [0.5, 0.6) is 0 Å². The minimum Gasteiger partial charge on any atom is -0.458 e. The van der Waals surface area contributed by atoms with Crippen LogP contribution in [0.25, 0.3) is 0 Å². The van der Waals surface area contributed by atoms with Gasteiger partial charge in [-0.3, -0.25) is 9.59 Å². The number of rotatable bonds is 21. The average Bonchev–Trinajstić information content (AvgIpc) is 2.78. The maximum atomic E-state index is 11.6. The highest BCUT2D eigenvalue weighted by Crippen LogP contribution is 2.10. The number of carbonyl (C=O) groups is 2. The standard InChI is InChI=1S/C24H44O7/c1-2-3-4-5-6-7-8-9-10-11-12-13-14-15-16-17-22(28)31-19-21(27)24(30)23(29)20(26)18-25/h9-10,20,23-26,29-30H,2-8,11-19H2,1H3/b10-9-/t20-,23+,24+/m1/s1. The molecule has 0 bridgehead atoms. The summed E-state index contributed by atoms with van der Waals surface area (Å²) in [5, 5.41) is 36.9. The van der Waals surface area contributed by atoms with Crippen molar-refractivity contribution in [1.82, 2.24) is 0 Å². The molecule has 0 unspecified atom stereocenters. The molecule has 7 heteroatoms. The fourth-order valence-electron chi connectivity index (χ4n) is 3.16. The Morgan fingerprint density at radius 2 is 1.32 bits per heavy atom. The van der Waals surface area contributed by atoms with Gasteiger partial charge in [0.2, 0.25) is 5.78 Å². The minimum absolute atomic E-state index is 0.198. The molecule has 0 heterocycles. The van der Waals surface area contributed by atoms with E-state index in [0.717, 1.165) is 32.1 Å². The number of ether oxygens (including phenoxy) is 1. The van der Waals surface area contributed by atoms with E-state index in [4.69, 9.17) is 9.84 Å². The van der Waals surface area contributed by atoms with E-state index in [1.165, 1.54) is 44.9 Å². The van der Waals surface area contributed by atoms with Crippen LogP contribution in [0.1, 0.15) is 96.8 Å². The number of aliphatic hydroxyl groups excluding tert-OH is 4. The van der Waals surface area contributed by atoms with Crippen LogP contribution in [-0.2, 0) is 14.3 Å². The van der Waals surface area contributed by atoms with Crippen molar-refractivity contribution < 1.29 is 34.8 Å². The zero-order valence-electron chi connectivity index (χ0n) is 19.2. The summed E-state index contributed by atoms with van der Waals surface area (Å²) in [6, 6.07) is 0. The van der Waals surface area contributed by atoms with Crippen LogP contribution in [0.15, 0.2) is 12.2 Å². The summed E-state index contributed by atoms with van der Waals surface area (Å²) >= 11 is 0. The van der Waals surface area contributed by atoms with Crippen molar-refractivity contribution in [3.8, 4) is 0 Å². The maximum Gasteiger partial charge on any atom is 0.306 e. The van der Waals surface area contributed by atoms with E-state index in [-0.39, 0.29) is 6.42 Å². The summed E-state index contributed by atoms with van der Waals surface area (Å²) in [4.78, 5) is 23.3. The summed E-state index contributed by atoms with van der Waals surface area (Å²) < 4.78 is 4.79. The van der Waals surface area contributed by atoms with Gasteiger partial charge in [-0.05, 0) is 32.1 Å². The molecular formula is C24H44O7. The van der Waals surface area contributed by atoms with Crippen molar-refractivity contribution in [1.29, 1.82) is 0 Å². The van der Waals surface area contributed by atoms with Crippen LogP contribution >= 0.6 is 0 Å². The largest absolute Gasteiger partial charge is 0.458 e. The number of carbonyl (C=O) groups excluding carboxylic acids is 2. The van der Waals surface area contributed by atoms with Gasteiger partial charge in [-0.2, -0.15) is 0 Å². The Morgan fingerprint density at radius 3 is 1.87 bits per heavy atom. The van der Waals surface area contributed by atoms with Gasteiger partial charge in [0.1, 0.15) is 18.3 Å². The Bertz CT molecular complexity index is 479. The van der Waals surface area contributed by atoms with E-state index in [9.17, 15) is 24.9 Å². The lowest BCUT2D eigenvalue weighted by atomic mass is 10.1. The minimum atomic E-state index is -1.91. The van der Waals surface area contributed by atoms with Crippen molar-refractivity contribution in [3.63, 3.8) is 0 Å². The van der Waals surface area contributed by atoms with Gasteiger partial charge in [-0.1, -0.05) is 70.4 Å². The van der Waals surface area contributed by atoms with Gasteiger partial charge >= 0.3 is 5.97 Å². The Kier molecular flexibility index (Phi) is 19.8. The van der Waals surface area contributed by atoms with E-state index >= 15 is 0 Å². The third-order valence-corrected chi connectivity index (χ3v) is 5.25. The number of unbranched alkanes of at least 4 members (excludes halogenated alkanes) is 11. The molecule has 0 amide bonds. The topological polar surface area (TPSA) is 124 Å². The predicted molar refractivity (Wildman–Crippen MR) is 121 cm³/mol. The summed E-state index contributed by atoms with van der Waals surface area (Å²) in [5.41, 5.74) is 0. The highest BCUT2D eigenvalue weighted by molar-refractivity contribution is 5.86. The van der Waals surface area contributed by atoms with E-state index in [0.29, 0.717) is 6.42 Å². The summed E-state index contributed by atoms with van der Waals surface area (Å²) in [7, 11) is 0. The lowest BCUT2D eigenvalue weighted by Crippen LogP contribution is -2.45. The van der Waals surface area contributed by atoms with Crippen molar-refractivity contribution >= 4 is 11.8 Å². The van der Waals surface area contributed by atoms with E-state index in [1.54, 1.807) is 0 Å². The SMILES string of the molecule is CCCCCCCC/C=C\CCCCCCCC(=O)OCC(=O)[C@H](O)[C@@H](O)[C@H](O)CO. The van der Waals surface area contributed by atoms with Crippen LogP contribution in [-0.4, -0.2) is 63.7 Å². The Morgan fingerprint density at radius 1 is 0.806 bits per heavy atom. The molecule has 4 N–H and O–H groups in total. The lowest BCUT2D eigenvalue weighted by Gasteiger charge is -2.20. The molecular weight excluding hydrogens is 400 g/mol. The molecule has 31 heavy (non-hydrogen) atoms. The molecule has 0 aliphatic rings. The second-order valence-corrected chi connectivity index (χ2v) is 8.15. The van der Waals surface area contributed by atoms with Crippen LogP contribution < -0.4 is 0 Å². The first kappa shape index (κ1) is 29.7. The molecule has 182 valence electrons. The maximum absolute atomic E-state index is 11.6. The van der Waals surface area contributed by atoms with Gasteiger partial charge in [0, 0.05) is 6.42 Å². The van der Waals surface area contributed by atoms with Crippen molar-refractivity contribution in [2.45, 2.75) is 115 Å². The molecule has 0 rings (SSSR count). The molecule has 0 aromatic heterocycles. The Hall–Kier alpha value is -1.28. The van der Waals surface area contributed by atoms with Gasteiger partial charge in [0.05, 0.1) is 6.61 Å². The highest BCUT2D eigenvalue weighted by atomic mass is 16.5. The average molecular weight is 445 g/mol. The first-order valence-electron chi connectivity index (χ1n) is 11.9. The predicted octanol–water partition coefficient (Wildman–Crippen LogP) is 3.21. The molecule has 0 aliphatic heterocycles. The first-order chi connectivity index (χ1) is 14.9.